The second kappa shape index (κ2) is 6.57. The molecule has 1 aromatic carbocycles. The minimum Gasteiger partial charge on any atom is -0.368 e. The van der Waals surface area contributed by atoms with Gasteiger partial charge in [-0.15, -0.1) is 0 Å². The van der Waals surface area contributed by atoms with E-state index in [4.69, 9.17) is 10.6 Å². The lowest BCUT2D eigenvalue weighted by molar-refractivity contribution is -0.192. The minimum absolute atomic E-state index is 0.383. The van der Waals surface area contributed by atoms with Crippen LogP contribution in [0, 0.1) is 5.92 Å². The van der Waals surface area contributed by atoms with Crippen molar-refractivity contribution in [3.8, 4) is 0 Å². The maximum absolute atomic E-state index is 13.2. The van der Waals surface area contributed by atoms with Gasteiger partial charge in [0.25, 0.3) is 5.91 Å². The lowest BCUT2D eigenvalue weighted by atomic mass is 9.93. The molecule has 4 atom stereocenters. The van der Waals surface area contributed by atoms with Crippen LogP contribution in [0.1, 0.15) is 18.7 Å². The molecule has 2 aromatic rings. The zero-order valence-corrected chi connectivity index (χ0v) is 14.6. The number of fused-ring (bicyclic) bond motifs is 1. The fourth-order valence-electron chi connectivity index (χ4n) is 3.59. The summed E-state index contributed by atoms with van der Waals surface area (Å²) in [5.74, 6) is -2.27. The molecule has 3 amide bonds. The molecule has 0 aliphatic carbocycles. The molecule has 2 saturated heterocycles. The molecule has 0 radical (unpaired) electrons. The second-order valence-corrected chi connectivity index (χ2v) is 6.54. The monoisotopic (exact) mass is 366 g/mol. The van der Waals surface area contributed by atoms with Gasteiger partial charge in [0.2, 0.25) is 11.8 Å². The Morgan fingerprint density at radius 1 is 1.11 bits per heavy atom. The van der Waals surface area contributed by atoms with E-state index < -0.39 is 35.9 Å². The molecule has 27 heavy (non-hydrogen) atoms. The first-order chi connectivity index (χ1) is 13.0. The highest BCUT2D eigenvalue weighted by atomic mass is 16.7. The first-order valence-corrected chi connectivity index (χ1v) is 8.59. The van der Waals surface area contributed by atoms with Crippen LogP contribution in [0.2, 0.25) is 0 Å². The van der Waals surface area contributed by atoms with Crippen LogP contribution in [-0.2, 0) is 19.2 Å². The Morgan fingerprint density at radius 3 is 2.44 bits per heavy atom. The Bertz CT molecular complexity index is 889. The fourth-order valence-corrected chi connectivity index (χ4v) is 3.59. The number of primary amides is 1. The number of pyridine rings is 1. The van der Waals surface area contributed by atoms with Crippen LogP contribution < -0.4 is 10.6 Å². The van der Waals surface area contributed by atoms with Crippen molar-refractivity contribution in [3.05, 3.63) is 60.4 Å². The molecule has 2 fully saturated rings. The lowest BCUT2D eigenvalue weighted by Gasteiger charge is -2.29. The number of imide groups is 1. The SMILES string of the molecule is CC(C(N)=O)N1OC2C(=O)N(c3ccccc3)C(=O)C2C1c1ccccn1. The van der Waals surface area contributed by atoms with E-state index >= 15 is 0 Å². The minimum atomic E-state index is -1.02. The van der Waals surface area contributed by atoms with E-state index in [1.807, 2.05) is 0 Å². The number of hydrogen-bond acceptors (Lipinski definition) is 6. The zero-order valence-electron chi connectivity index (χ0n) is 14.6. The number of nitrogens with zero attached hydrogens (tertiary/aromatic N) is 3. The van der Waals surface area contributed by atoms with Gasteiger partial charge >= 0.3 is 0 Å². The summed E-state index contributed by atoms with van der Waals surface area (Å²) in [4.78, 5) is 49.1. The summed E-state index contributed by atoms with van der Waals surface area (Å²) in [5, 5.41) is 1.33. The molecule has 138 valence electrons. The van der Waals surface area contributed by atoms with Gasteiger partial charge in [-0.25, -0.2) is 4.90 Å². The molecular weight excluding hydrogens is 348 g/mol. The van der Waals surface area contributed by atoms with Crippen LogP contribution >= 0.6 is 0 Å². The Kier molecular flexibility index (Phi) is 4.21. The van der Waals surface area contributed by atoms with Crippen molar-refractivity contribution in [1.29, 1.82) is 0 Å². The van der Waals surface area contributed by atoms with E-state index in [-0.39, 0.29) is 5.91 Å². The molecule has 1 aromatic heterocycles. The largest absolute Gasteiger partial charge is 0.368 e. The van der Waals surface area contributed by atoms with Crippen molar-refractivity contribution in [1.82, 2.24) is 10.0 Å². The van der Waals surface area contributed by atoms with Crippen molar-refractivity contribution in [2.75, 3.05) is 4.90 Å². The van der Waals surface area contributed by atoms with Crippen molar-refractivity contribution in [2.45, 2.75) is 25.1 Å². The molecule has 8 nitrogen and oxygen atoms in total. The lowest BCUT2D eigenvalue weighted by Crippen LogP contribution is -2.45. The third kappa shape index (κ3) is 2.70. The predicted molar refractivity (Wildman–Crippen MR) is 94.8 cm³/mol. The van der Waals surface area contributed by atoms with Gasteiger partial charge in [0.1, 0.15) is 6.04 Å². The summed E-state index contributed by atoms with van der Waals surface area (Å²) in [5.41, 5.74) is 6.45. The Labute approximate surface area is 155 Å². The van der Waals surface area contributed by atoms with Crippen molar-refractivity contribution in [2.24, 2.45) is 11.7 Å². The number of hydrogen-bond donors (Lipinski definition) is 1. The molecule has 3 heterocycles. The van der Waals surface area contributed by atoms with Crippen LogP contribution in [0.15, 0.2) is 54.7 Å². The topological polar surface area (TPSA) is 106 Å². The molecular formula is C19H18N4O4. The van der Waals surface area contributed by atoms with Crippen molar-refractivity contribution >= 4 is 23.4 Å². The van der Waals surface area contributed by atoms with Crippen molar-refractivity contribution in [3.63, 3.8) is 0 Å². The Hall–Kier alpha value is -3.10. The van der Waals surface area contributed by atoms with Gasteiger partial charge in [0.15, 0.2) is 6.10 Å². The van der Waals surface area contributed by atoms with E-state index in [9.17, 15) is 14.4 Å². The molecule has 0 bridgehead atoms. The summed E-state index contributed by atoms with van der Waals surface area (Å²) in [6.45, 7) is 1.57. The third-order valence-electron chi connectivity index (χ3n) is 4.94. The van der Waals surface area contributed by atoms with Crippen LogP contribution in [0.3, 0.4) is 0 Å². The summed E-state index contributed by atoms with van der Waals surface area (Å²) in [6.07, 6.45) is 0.568. The molecule has 0 spiro atoms. The molecule has 4 unspecified atom stereocenters. The summed E-state index contributed by atoms with van der Waals surface area (Å²) in [6, 6.07) is 12.4. The standard InChI is InChI=1S/C19H18N4O4/c1-11(17(20)24)23-15(13-9-5-6-10-21-13)14-16(27-23)19(26)22(18(14)25)12-7-3-2-4-8-12/h2-11,14-16H,1H3,(H2,20,24). The van der Waals surface area contributed by atoms with E-state index in [0.29, 0.717) is 11.4 Å². The Balaban J connectivity index is 1.76. The molecule has 4 rings (SSSR count). The van der Waals surface area contributed by atoms with Gasteiger partial charge in [0.05, 0.1) is 23.3 Å². The summed E-state index contributed by atoms with van der Waals surface area (Å²) < 4.78 is 0. The maximum Gasteiger partial charge on any atom is 0.265 e. The maximum atomic E-state index is 13.2. The number of hydroxylamine groups is 2. The number of anilines is 1. The van der Waals surface area contributed by atoms with Crippen molar-refractivity contribution < 1.29 is 19.2 Å². The predicted octanol–water partition coefficient (Wildman–Crippen LogP) is 0.802. The first-order valence-electron chi connectivity index (χ1n) is 8.59. The van der Waals surface area contributed by atoms with Gasteiger partial charge in [-0.3, -0.25) is 24.2 Å². The quantitative estimate of drug-likeness (QED) is 0.803. The number of carbonyl (C=O) groups is 3. The molecule has 8 heteroatoms. The van der Waals surface area contributed by atoms with E-state index in [1.54, 1.807) is 61.7 Å². The van der Waals surface area contributed by atoms with E-state index in [0.717, 1.165) is 4.90 Å². The third-order valence-corrected chi connectivity index (χ3v) is 4.94. The van der Waals surface area contributed by atoms with Crippen LogP contribution in [0.25, 0.3) is 0 Å². The second-order valence-electron chi connectivity index (χ2n) is 6.54. The number of nitrogens with two attached hydrogens (primary N) is 1. The highest BCUT2D eigenvalue weighted by Gasteiger charge is 2.61. The Morgan fingerprint density at radius 2 is 1.81 bits per heavy atom. The molecule has 2 aliphatic rings. The number of aromatic nitrogens is 1. The van der Waals surface area contributed by atoms with Gasteiger partial charge in [-0.2, -0.15) is 5.06 Å². The highest BCUT2D eigenvalue weighted by Crippen LogP contribution is 2.45. The zero-order chi connectivity index (χ0) is 19.1. The molecule has 2 aliphatic heterocycles. The highest BCUT2D eigenvalue weighted by molar-refractivity contribution is 6.23. The van der Waals surface area contributed by atoms with Gasteiger partial charge < -0.3 is 5.73 Å². The van der Waals surface area contributed by atoms with Crippen LogP contribution in [-0.4, -0.2) is 39.9 Å². The average molecular weight is 366 g/mol. The van der Waals surface area contributed by atoms with Crippen LogP contribution in [0.5, 0.6) is 0 Å². The first kappa shape index (κ1) is 17.3. The number of rotatable bonds is 4. The normalized spacial score (nSPS) is 26.3. The smallest absolute Gasteiger partial charge is 0.265 e. The number of para-hydroxylation sites is 1. The molecule has 2 N–H and O–H groups in total. The summed E-state index contributed by atoms with van der Waals surface area (Å²) in [7, 11) is 0. The average Bonchev–Trinajstić information content (AvgIpc) is 3.19. The van der Waals surface area contributed by atoms with E-state index in [1.165, 1.54) is 5.06 Å². The molecule has 0 saturated carbocycles. The summed E-state index contributed by atoms with van der Waals surface area (Å²) >= 11 is 0. The fraction of sp³-hybridized carbons (Fsp3) is 0.263. The number of benzene rings is 1. The van der Waals surface area contributed by atoms with Gasteiger partial charge in [-0.05, 0) is 31.2 Å². The number of amides is 3. The van der Waals surface area contributed by atoms with Gasteiger partial charge in [0, 0.05) is 6.20 Å². The van der Waals surface area contributed by atoms with E-state index in [2.05, 4.69) is 4.98 Å². The van der Waals surface area contributed by atoms with Crippen LogP contribution in [0.4, 0.5) is 5.69 Å². The van der Waals surface area contributed by atoms with Gasteiger partial charge in [-0.1, -0.05) is 24.3 Å². The number of carbonyl (C=O) groups excluding carboxylic acids is 3.